The Morgan fingerprint density at radius 3 is 2.64 bits per heavy atom. The molecule has 1 saturated heterocycles. The van der Waals surface area contributed by atoms with E-state index >= 15 is 4.39 Å². The van der Waals surface area contributed by atoms with Gasteiger partial charge in [-0.25, -0.2) is 13.8 Å². The maximum Gasteiger partial charge on any atom is 0.459 e. The Morgan fingerprint density at radius 2 is 1.97 bits per heavy atom. The van der Waals surface area contributed by atoms with Crippen LogP contribution in [-0.4, -0.2) is 49.1 Å². The maximum atomic E-state index is 15.1. The molecule has 0 radical (unpaired) electrons. The van der Waals surface area contributed by atoms with Crippen LogP contribution in [0.5, 0.6) is 5.75 Å². The monoisotopic (exact) mass is 688 g/mol. The first kappa shape index (κ1) is 29.5. The lowest BCUT2D eigenvalue weighted by molar-refractivity contribution is -0.149. The molecule has 0 saturated carbocycles. The van der Waals surface area contributed by atoms with Crippen molar-refractivity contribution < 1.29 is 27.9 Å². The van der Waals surface area contributed by atoms with Crippen molar-refractivity contribution >= 4 is 53.9 Å². The minimum Gasteiger partial charge on any atom is -0.460 e. The molecule has 3 aromatic rings. The summed E-state index contributed by atoms with van der Waals surface area (Å²) in [7, 11) is -4.63. The number of carbonyl (C=O) groups is 1. The molecular formula is C25H27FIN4O6PS. The molecule has 2 heterocycles. The van der Waals surface area contributed by atoms with E-state index in [0.717, 1.165) is 30.1 Å². The summed E-state index contributed by atoms with van der Waals surface area (Å²) in [6.07, 6.45) is -0.103. The van der Waals surface area contributed by atoms with Gasteiger partial charge in [0, 0.05) is 21.6 Å². The Hall–Kier alpha value is -2.45. The lowest BCUT2D eigenvalue weighted by Gasteiger charge is -2.32. The highest BCUT2D eigenvalue weighted by molar-refractivity contribution is 14.1. The highest BCUT2D eigenvalue weighted by atomic mass is 127. The Bertz CT molecular complexity index is 1400. The van der Waals surface area contributed by atoms with E-state index in [1.165, 1.54) is 19.2 Å². The van der Waals surface area contributed by atoms with Crippen molar-refractivity contribution in [2.24, 2.45) is 0 Å². The van der Waals surface area contributed by atoms with Crippen LogP contribution < -0.4 is 15.9 Å². The van der Waals surface area contributed by atoms with E-state index in [2.05, 4.69) is 27.6 Å². The molecule has 2 aromatic carbocycles. The summed E-state index contributed by atoms with van der Waals surface area (Å²) in [5, 5.41) is -1.47. The molecule has 0 aliphatic carbocycles. The molecule has 1 aliphatic rings. The summed E-state index contributed by atoms with van der Waals surface area (Å²) in [6.45, 7) is 1.23. The molecule has 0 amide bonds. The minimum absolute atomic E-state index is 0.0224. The van der Waals surface area contributed by atoms with E-state index in [1.807, 2.05) is 6.07 Å². The van der Waals surface area contributed by atoms with Gasteiger partial charge in [-0.05, 0) is 71.8 Å². The third kappa shape index (κ3) is 7.60. The molecule has 10 nitrogen and oxygen atoms in total. The number of halogens is 2. The van der Waals surface area contributed by atoms with Crippen LogP contribution in [0.3, 0.4) is 0 Å². The Labute approximate surface area is 242 Å². The second-order valence-corrected chi connectivity index (χ2v) is 13.2. The molecule has 1 unspecified atom stereocenters. The predicted molar refractivity (Wildman–Crippen MR) is 155 cm³/mol. The molecule has 1 aromatic heterocycles. The molecule has 0 spiro atoms. The van der Waals surface area contributed by atoms with Gasteiger partial charge in [-0.1, -0.05) is 30.3 Å². The zero-order valence-corrected chi connectivity index (χ0v) is 24.7. The summed E-state index contributed by atoms with van der Waals surface area (Å²) in [5.74, 6) is -0.584. The lowest BCUT2D eigenvalue weighted by atomic mass is 10.2. The van der Waals surface area contributed by atoms with Gasteiger partial charge in [-0.2, -0.15) is 9.65 Å². The summed E-state index contributed by atoms with van der Waals surface area (Å²) < 4.78 is 42.6. The topological polar surface area (TPSA) is 137 Å². The van der Waals surface area contributed by atoms with Crippen LogP contribution in [0.1, 0.15) is 24.3 Å². The molecule has 0 bridgehead atoms. The highest BCUT2D eigenvalue weighted by Crippen LogP contribution is 2.51. The number of carbonyl (C=O) groups excluding carboxylic acids is 1. The van der Waals surface area contributed by atoms with Crippen LogP contribution in [0.2, 0.25) is 0 Å². The smallest absolute Gasteiger partial charge is 0.459 e. The third-order valence-corrected chi connectivity index (χ3v) is 9.87. The fourth-order valence-electron chi connectivity index (χ4n) is 4.03. The van der Waals surface area contributed by atoms with Crippen molar-refractivity contribution in [2.45, 2.75) is 42.8 Å². The van der Waals surface area contributed by atoms with Crippen LogP contribution in [0, 0.1) is 3.57 Å². The van der Waals surface area contributed by atoms with Crippen molar-refractivity contribution in [3.05, 3.63) is 86.5 Å². The predicted octanol–water partition coefficient (Wildman–Crippen LogP) is 4.39. The highest BCUT2D eigenvalue weighted by Gasteiger charge is 2.44. The summed E-state index contributed by atoms with van der Waals surface area (Å²) in [5.41, 5.74) is 5.61. The van der Waals surface area contributed by atoms with Gasteiger partial charge >= 0.3 is 19.4 Å². The molecule has 1 aliphatic heterocycles. The quantitative estimate of drug-likeness (QED) is 0.179. The zero-order chi connectivity index (χ0) is 28.2. The normalized spacial score (nSPS) is 21.3. The van der Waals surface area contributed by atoms with Gasteiger partial charge in [0.2, 0.25) is 0 Å². The number of thioether (sulfide) groups is 1. The van der Waals surface area contributed by atoms with Crippen molar-refractivity contribution in [2.75, 3.05) is 12.3 Å². The Morgan fingerprint density at radius 1 is 1.28 bits per heavy atom. The van der Waals surface area contributed by atoms with Crippen molar-refractivity contribution in [3.63, 3.8) is 0 Å². The van der Waals surface area contributed by atoms with Crippen LogP contribution >= 0.6 is 42.1 Å². The first-order chi connectivity index (χ1) is 18.5. The number of hydrogen-bond acceptors (Lipinski definition) is 8. The van der Waals surface area contributed by atoms with Crippen molar-refractivity contribution in [3.8, 4) is 5.75 Å². The average molecular weight is 688 g/mol. The number of nitrogens with zero attached hydrogens (tertiary/aromatic N) is 3. The number of hydrogen-bond donors (Lipinski definition) is 2. The fourth-order valence-corrected chi connectivity index (χ4v) is 7.44. The van der Waals surface area contributed by atoms with E-state index in [0.29, 0.717) is 0 Å². The molecule has 39 heavy (non-hydrogen) atoms. The second-order valence-electron chi connectivity index (χ2n) is 8.87. The number of anilines is 1. The number of aromatic nitrogens is 2. The molecule has 4 rings (SSSR count). The van der Waals surface area contributed by atoms with E-state index in [4.69, 9.17) is 15.0 Å². The van der Waals surface area contributed by atoms with E-state index in [-0.39, 0.29) is 31.1 Å². The molecule has 208 valence electrons. The SMILES string of the molecule is C[C@@H](C(=O)OCc1ccccc1)N(C[C@@H]1C[C@H](F)[C@H](n2ccc(N)nc2=O)S1)P(=O)(O)Oc1ccc(I)cc1. The lowest BCUT2D eigenvalue weighted by Crippen LogP contribution is -2.42. The van der Waals surface area contributed by atoms with E-state index in [9.17, 15) is 19.0 Å². The van der Waals surface area contributed by atoms with E-state index in [1.54, 1.807) is 48.5 Å². The van der Waals surface area contributed by atoms with Gasteiger partial charge in [0.05, 0.1) is 0 Å². The molecular weight excluding hydrogens is 661 g/mol. The number of nitrogen functional groups attached to an aromatic ring is 1. The van der Waals surface area contributed by atoms with Crippen LogP contribution in [0.25, 0.3) is 0 Å². The molecule has 3 N–H and O–H groups in total. The second kappa shape index (κ2) is 12.8. The minimum atomic E-state index is -4.63. The van der Waals surface area contributed by atoms with Gasteiger partial charge in [0.1, 0.15) is 35.8 Å². The number of benzene rings is 2. The van der Waals surface area contributed by atoms with Crippen LogP contribution in [-0.2, 0) is 20.7 Å². The standard InChI is InChI=1S/C25H27FIN4O6PS/c1-16(24(32)36-15-17-5-3-2-4-6-17)31(38(34,35)37-19-9-7-18(27)8-10-19)14-20-13-21(26)23(39-20)30-12-11-22(28)29-25(30)33/h2-12,16,20-21,23H,13-15H2,1H3,(H,34,35)(H2,28,29,33)/t16-,20-,21-,23+/m0/s1. The van der Waals surface area contributed by atoms with Crippen LogP contribution in [0.15, 0.2) is 71.7 Å². The molecule has 14 heteroatoms. The summed E-state index contributed by atoms with van der Waals surface area (Å²) in [4.78, 5) is 40.0. The van der Waals surface area contributed by atoms with Gasteiger partial charge in [-0.15, -0.1) is 11.8 Å². The number of rotatable bonds is 10. The van der Waals surface area contributed by atoms with Gasteiger partial charge in [-0.3, -0.25) is 9.36 Å². The maximum absolute atomic E-state index is 15.1. The largest absolute Gasteiger partial charge is 0.460 e. The molecule has 5 atom stereocenters. The Kier molecular flexibility index (Phi) is 9.70. The zero-order valence-electron chi connectivity index (χ0n) is 20.8. The fraction of sp³-hybridized carbons (Fsp3) is 0.320. The first-order valence-electron chi connectivity index (χ1n) is 11.9. The number of esters is 1. The molecule has 1 fully saturated rings. The number of alkyl halides is 1. The number of nitrogens with two attached hydrogens (primary N) is 1. The average Bonchev–Trinajstić information content (AvgIpc) is 3.27. The van der Waals surface area contributed by atoms with Gasteiger partial charge in [0.25, 0.3) is 0 Å². The van der Waals surface area contributed by atoms with Gasteiger partial charge < -0.3 is 19.9 Å². The summed E-state index contributed by atoms with van der Waals surface area (Å²) in [6, 6.07) is 15.7. The summed E-state index contributed by atoms with van der Waals surface area (Å²) >= 11 is 3.20. The number of ether oxygens (including phenoxy) is 1. The first-order valence-corrected chi connectivity index (χ1v) is 15.5. The van der Waals surface area contributed by atoms with Crippen molar-refractivity contribution in [1.29, 1.82) is 0 Å². The third-order valence-electron chi connectivity index (χ3n) is 6.02. The Balaban J connectivity index is 1.54. The van der Waals surface area contributed by atoms with Crippen molar-refractivity contribution in [1.82, 2.24) is 14.2 Å². The van der Waals surface area contributed by atoms with Crippen LogP contribution in [0.4, 0.5) is 10.2 Å². The van der Waals surface area contributed by atoms with Gasteiger partial charge in [0.15, 0.2) is 0 Å². The van der Waals surface area contributed by atoms with E-state index < -0.39 is 42.2 Å².